The SMILES string of the molecule is Cc1cn(-c2ccc3n(c2=O)CCN(CCOc2ccccc2C(C)(C)C)C3=O)cn1. The van der Waals surface area contributed by atoms with Crippen LogP contribution in [0.1, 0.15) is 42.5 Å². The molecule has 0 saturated heterocycles. The Balaban J connectivity index is 1.47. The van der Waals surface area contributed by atoms with Gasteiger partial charge < -0.3 is 18.8 Å². The summed E-state index contributed by atoms with van der Waals surface area (Å²) in [6.07, 6.45) is 3.41. The molecule has 0 N–H and O–H groups in total. The Kier molecular flexibility index (Phi) is 5.43. The van der Waals surface area contributed by atoms with Crippen molar-refractivity contribution in [3.8, 4) is 11.4 Å². The molecule has 0 spiro atoms. The number of carbonyl (C=O) groups excluding carboxylic acids is 1. The number of aryl methyl sites for hydroxylation is 1. The molecule has 3 aromatic rings. The average molecular weight is 421 g/mol. The van der Waals surface area contributed by atoms with E-state index < -0.39 is 0 Å². The van der Waals surface area contributed by atoms with Crippen LogP contribution >= 0.6 is 0 Å². The number of rotatable bonds is 5. The number of imidazole rings is 1. The van der Waals surface area contributed by atoms with Gasteiger partial charge in [0.15, 0.2) is 0 Å². The lowest BCUT2D eigenvalue weighted by atomic mass is 9.86. The Morgan fingerprint density at radius 2 is 1.84 bits per heavy atom. The first-order valence-corrected chi connectivity index (χ1v) is 10.5. The molecule has 0 unspecified atom stereocenters. The van der Waals surface area contributed by atoms with Crippen molar-refractivity contribution in [2.45, 2.75) is 39.7 Å². The van der Waals surface area contributed by atoms with Crippen molar-refractivity contribution in [1.29, 1.82) is 0 Å². The number of hydrogen-bond acceptors (Lipinski definition) is 4. The maximum Gasteiger partial charge on any atom is 0.275 e. The summed E-state index contributed by atoms with van der Waals surface area (Å²) < 4.78 is 9.28. The van der Waals surface area contributed by atoms with Crippen LogP contribution in [0, 0.1) is 6.92 Å². The third kappa shape index (κ3) is 4.13. The van der Waals surface area contributed by atoms with E-state index in [0.29, 0.717) is 37.6 Å². The number of nitrogens with zero attached hydrogens (tertiary/aromatic N) is 4. The van der Waals surface area contributed by atoms with E-state index in [0.717, 1.165) is 17.0 Å². The zero-order valence-corrected chi connectivity index (χ0v) is 18.5. The van der Waals surface area contributed by atoms with Crippen molar-refractivity contribution in [2.75, 3.05) is 19.7 Å². The fraction of sp³-hybridized carbons (Fsp3) is 0.375. The molecule has 7 nitrogen and oxygen atoms in total. The minimum absolute atomic E-state index is 0.0247. The van der Waals surface area contributed by atoms with E-state index >= 15 is 0 Å². The number of carbonyl (C=O) groups is 1. The van der Waals surface area contributed by atoms with Crippen LogP contribution in [-0.4, -0.2) is 44.6 Å². The number of benzene rings is 1. The van der Waals surface area contributed by atoms with Crippen LogP contribution in [0.2, 0.25) is 0 Å². The first kappa shape index (κ1) is 20.9. The lowest BCUT2D eigenvalue weighted by Gasteiger charge is -2.30. The largest absolute Gasteiger partial charge is 0.491 e. The van der Waals surface area contributed by atoms with E-state index in [1.54, 1.807) is 38.7 Å². The molecule has 3 heterocycles. The van der Waals surface area contributed by atoms with E-state index in [1.165, 1.54) is 0 Å². The monoisotopic (exact) mass is 420 g/mol. The fourth-order valence-electron chi connectivity index (χ4n) is 3.90. The molecule has 0 fully saturated rings. The van der Waals surface area contributed by atoms with Crippen molar-refractivity contribution in [2.24, 2.45) is 0 Å². The van der Waals surface area contributed by atoms with Gasteiger partial charge in [-0.1, -0.05) is 39.0 Å². The molecule has 7 heteroatoms. The number of hydrogen-bond donors (Lipinski definition) is 0. The van der Waals surface area contributed by atoms with Gasteiger partial charge in [-0.05, 0) is 36.1 Å². The number of para-hydroxylation sites is 1. The zero-order valence-electron chi connectivity index (χ0n) is 18.5. The van der Waals surface area contributed by atoms with Gasteiger partial charge >= 0.3 is 0 Å². The van der Waals surface area contributed by atoms with Crippen LogP contribution in [0.4, 0.5) is 0 Å². The Morgan fingerprint density at radius 3 is 2.55 bits per heavy atom. The third-order valence-corrected chi connectivity index (χ3v) is 5.56. The second-order valence-electron chi connectivity index (χ2n) is 8.87. The number of pyridine rings is 1. The molecule has 0 bridgehead atoms. The van der Waals surface area contributed by atoms with E-state index in [-0.39, 0.29) is 16.9 Å². The summed E-state index contributed by atoms with van der Waals surface area (Å²) in [5.74, 6) is 0.695. The Bertz CT molecular complexity index is 1170. The number of amides is 1. The predicted octanol–water partition coefficient (Wildman–Crippen LogP) is 3.17. The summed E-state index contributed by atoms with van der Waals surface area (Å²) >= 11 is 0. The molecule has 0 aliphatic carbocycles. The van der Waals surface area contributed by atoms with Crippen molar-refractivity contribution in [3.05, 3.63) is 76.2 Å². The van der Waals surface area contributed by atoms with Crippen LogP contribution in [0.15, 0.2) is 53.7 Å². The lowest BCUT2D eigenvalue weighted by molar-refractivity contribution is 0.0672. The standard InChI is InChI=1S/C24H28N4O3/c1-17-15-27(16-25-17)19-9-10-20-22(29)26(11-12-28(20)23(19)30)13-14-31-21-8-6-5-7-18(21)24(2,3)4/h5-10,15-16H,11-14H2,1-4H3. The molecule has 1 aliphatic rings. The normalized spacial score (nSPS) is 13.9. The highest BCUT2D eigenvalue weighted by Gasteiger charge is 2.26. The Morgan fingerprint density at radius 1 is 1.06 bits per heavy atom. The van der Waals surface area contributed by atoms with E-state index in [1.807, 2.05) is 25.1 Å². The van der Waals surface area contributed by atoms with Gasteiger partial charge in [-0.2, -0.15) is 0 Å². The number of ether oxygens (including phenoxy) is 1. The van der Waals surface area contributed by atoms with Gasteiger partial charge in [-0.3, -0.25) is 9.59 Å². The molecule has 1 amide bonds. The fourth-order valence-corrected chi connectivity index (χ4v) is 3.90. The molecule has 0 atom stereocenters. The maximum absolute atomic E-state index is 13.0. The molecule has 1 aliphatic heterocycles. The van der Waals surface area contributed by atoms with E-state index in [2.05, 4.69) is 31.8 Å². The first-order valence-electron chi connectivity index (χ1n) is 10.5. The molecule has 1 aromatic carbocycles. The molecule has 0 saturated carbocycles. The molecule has 162 valence electrons. The van der Waals surface area contributed by atoms with Crippen LogP contribution in [-0.2, 0) is 12.0 Å². The lowest BCUT2D eigenvalue weighted by Crippen LogP contribution is -2.46. The highest BCUT2D eigenvalue weighted by atomic mass is 16.5. The highest BCUT2D eigenvalue weighted by Crippen LogP contribution is 2.30. The summed E-state index contributed by atoms with van der Waals surface area (Å²) in [7, 11) is 0. The topological polar surface area (TPSA) is 69.4 Å². The van der Waals surface area contributed by atoms with Gasteiger partial charge in [0, 0.05) is 19.3 Å². The molecule has 0 radical (unpaired) electrons. The van der Waals surface area contributed by atoms with Crippen LogP contribution in [0.25, 0.3) is 5.69 Å². The van der Waals surface area contributed by atoms with Gasteiger partial charge in [0.05, 0.1) is 18.6 Å². The summed E-state index contributed by atoms with van der Waals surface area (Å²) in [5.41, 5.74) is 2.66. The summed E-state index contributed by atoms with van der Waals surface area (Å²) in [4.78, 5) is 31.8. The summed E-state index contributed by atoms with van der Waals surface area (Å²) in [6.45, 7) is 10.1. The third-order valence-electron chi connectivity index (χ3n) is 5.56. The van der Waals surface area contributed by atoms with E-state index in [9.17, 15) is 9.59 Å². The second kappa shape index (κ2) is 8.06. The average Bonchev–Trinajstić information content (AvgIpc) is 3.16. The molecular formula is C24H28N4O3. The quantitative estimate of drug-likeness (QED) is 0.636. The summed E-state index contributed by atoms with van der Waals surface area (Å²) in [5, 5.41) is 0. The molecule has 4 rings (SSSR count). The smallest absolute Gasteiger partial charge is 0.275 e. The van der Waals surface area contributed by atoms with Crippen molar-refractivity contribution in [3.63, 3.8) is 0 Å². The molecule has 2 aromatic heterocycles. The van der Waals surface area contributed by atoms with Crippen LogP contribution in [0.5, 0.6) is 5.75 Å². The minimum atomic E-state index is -0.182. The van der Waals surface area contributed by atoms with Crippen molar-refractivity contribution < 1.29 is 9.53 Å². The highest BCUT2D eigenvalue weighted by molar-refractivity contribution is 5.93. The number of fused-ring (bicyclic) bond motifs is 1. The van der Waals surface area contributed by atoms with Crippen LogP contribution < -0.4 is 10.3 Å². The van der Waals surface area contributed by atoms with Crippen molar-refractivity contribution >= 4 is 5.91 Å². The maximum atomic E-state index is 13.0. The van der Waals surface area contributed by atoms with Crippen molar-refractivity contribution in [1.82, 2.24) is 19.0 Å². The Labute approximate surface area is 181 Å². The van der Waals surface area contributed by atoms with Gasteiger partial charge in [0.2, 0.25) is 0 Å². The van der Waals surface area contributed by atoms with Gasteiger partial charge in [-0.15, -0.1) is 0 Å². The summed E-state index contributed by atoms with van der Waals surface area (Å²) in [6, 6.07) is 11.4. The second-order valence-corrected chi connectivity index (χ2v) is 8.87. The predicted molar refractivity (Wildman–Crippen MR) is 119 cm³/mol. The van der Waals surface area contributed by atoms with Crippen LogP contribution in [0.3, 0.4) is 0 Å². The van der Waals surface area contributed by atoms with Gasteiger partial charge in [0.25, 0.3) is 11.5 Å². The zero-order chi connectivity index (χ0) is 22.2. The molecular weight excluding hydrogens is 392 g/mol. The number of aromatic nitrogens is 3. The van der Waals surface area contributed by atoms with Gasteiger partial charge in [-0.25, -0.2) is 4.98 Å². The van der Waals surface area contributed by atoms with Gasteiger partial charge in [0.1, 0.15) is 23.7 Å². The Hall–Kier alpha value is -3.35. The van der Waals surface area contributed by atoms with E-state index in [4.69, 9.17) is 4.74 Å². The first-order chi connectivity index (χ1) is 14.8. The minimum Gasteiger partial charge on any atom is -0.491 e. The molecule has 31 heavy (non-hydrogen) atoms.